The maximum atomic E-state index is 12.4. The van der Waals surface area contributed by atoms with Gasteiger partial charge in [0.15, 0.2) is 15.0 Å². The van der Waals surface area contributed by atoms with Gasteiger partial charge in [-0.3, -0.25) is 5.32 Å². The van der Waals surface area contributed by atoms with Crippen molar-refractivity contribution in [2.45, 2.75) is 4.90 Å². The van der Waals surface area contributed by atoms with Crippen LogP contribution in [0.4, 0.5) is 15.6 Å². The maximum absolute atomic E-state index is 12.4. The number of carbonyl (C=O) groups is 1. The first-order chi connectivity index (χ1) is 12.9. The minimum atomic E-state index is -3.30. The molecule has 0 unspecified atom stereocenters. The zero-order chi connectivity index (χ0) is 19.0. The second kappa shape index (κ2) is 6.64. The van der Waals surface area contributed by atoms with E-state index in [1.807, 2.05) is 42.5 Å². The first-order valence-corrected chi connectivity index (χ1v) is 10.8. The van der Waals surface area contributed by atoms with Crippen LogP contribution in [0.25, 0.3) is 21.0 Å². The van der Waals surface area contributed by atoms with Crippen molar-refractivity contribution < 1.29 is 13.2 Å². The molecule has 3 aromatic carbocycles. The Bertz CT molecular complexity index is 1270. The average molecular weight is 397 g/mol. The van der Waals surface area contributed by atoms with Crippen LogP contribution < -0.4 is 10.6 Å². The van der Waals surface area contributed by atoms with Crippen molar-refractivity contribution in [2.75, 3.05) is 16.9 Å². The summed E-state index contributed by atoms with van der Waals surface area (Å²) in [6.07, 6.45) is 1.15. The van der Waals surface area contributed by atoms with Gasteiger partial charge in [-0.25, -0.2) is 18.2 Å². The highest BCUT2D eigenvalue weighted by atomic mass is 32.2. The van der Waals surface area contributed by atoms with E-state index in [0.717, 1.165) is 21.7 Å². The van der Waals surface area contributed by atoms with Crippen molar-refractivity contribution in [3.8, 4) is 0 Å². The summed E-state index contributed by atoms with van der Waals surface area (Å²) in [6.45, 7) is 0. The summed E-state index contributed by atoms with van der Waals surface area (Å²) in [4.78, 5) is 16.9. The number of hydrogen-bond acceptors (Lipinski definition) is 5. The summed E-state index contributed by atoms with van der Waals surface area (Å²) >= 11 is 1.28. The van der Waals surface area contributed by atoms with Crippen molar-refractivity contribution in [2.24, 2.45) is 0 Å². The highest BCUT2D eigenvalue weighted by Crippen LogP contribution is 2.28. The lowest BCUT2D eigenvalue weighted by Crippen LogP contribution is -2.19. The van der Waals surface area contributed by atoms with Crippen molar-refractivity contribution >= 4 is 59.0 Å². The van der Waals surface area contributed by atoms with Gasteiger partial charge >= 0.3 is 6.03 Å². The quantitative estimate of drug-likeness (QED) is 0.533. The van der Waals surface area contributed by atoms with Crippen molar-refractivity contribution in [1.29, 1.82) is 0 Å². The number of fused-ring (bicyclic) bond motifs is 2. The number of aromatic nitrogens is 1. The summed E-state index contributed by atoms with van der Waals surface area (Å²) in [5, 5.41) is 7.91. The van der Waals surface area contributed by atoms with Gasteiger partial charge in [-0.2, -0.15) is 0 Å². The van der Waals surface area contributed by atoms with Crippen molar-refractivity contribution in [3.63, 3.8) is 0 Å². The molecule has 6 nitrogen and oxygen atoms in total. The third kappa shape index (κ3) is 3.62. The molecule has 27 heavy (non-hydrogen) atoms. The topological polar surface area (TPSA) is 88.2 Å². The van der Waals surface area contributed by atoms with Gasteiger partial charge in [0.25, 0.3) is 0 Å². The third-order valence-corrected chi connectivity index (χ3v) is 6.11. The highest BCUT2D eigenvalue weighted by molar-refractivity contribution is 7.90. The normalized spacial score (nSPS) is 11.6. The van der Waals surface area contributed by atoms with E-state index in [4.69, 9.17) is 0 Å². The predicted octanol–water partition coefficient (Wildman–Crippen LogP) is 4.50. The zero-order valence-electron chi connectivity index (χ0n) is 14.3. The van der Waals surface area contributed by atoms with Gasteiger partial charge < -0.3 is 5.32 Å². The molecule has 0 radical (unpaired) electrons. The molecule has 4 aromatic rings. The van der Waals surface area contributed by atoms with Crippen LogP contribution in [0.3, 0.4) is 0 Å². The molecule has 2 N–H and O–H groups in total. The number of anilines is 2. The molecule has 136 valence electrons. The second-order valence-electron chi connectivity index (χ2n) is 6.03. The van der Waals surface area contributed by atoms with E-state index in [0.29, 0.717) is 16.3 Å². The molecule has 2 amide bonds. The molecular formula is C19H15N3O3S2. The minimum Gasteiger partial charge on any atom is -0.307 e. The lowest BCUT2D eigenvalue weighted by atomic mass is 10.1. The van der Waals surface area contributed by atoms with E-state index < -0.39 is 15.9 Å². The fraction of sp³-hybridized carbons (Fsp3) is 0.0526. The fourth-order valence-electron chi connectivity index (χ4n) is 2.78. The molecule has 0 saturated heterocycles. The predicted molar refractivity (Wildman–Crippen MR) is 109 cm³/mol. The number of hydrogen-bond donors (Lipinski definition) is 2. The molecular weight excluding hydrogens is 382 g/mol. The van der Waals surface area contributed by atoms with Crippen LogP contribution in [-0.4, -0.2) is 25.7 Å². The Balaban J connectivity index is 1.57. The first kappa shape index (κ1) is 17.4. The number of carbonyl (C=O) groups excluding carboxylic acids is 1. The molecule has 0 atom stereocenters. The van der Waals surface area contributed by atoms with E-state index in [9.17, 15) is 13.2 Å². The number of urea groups is 1. The van der Waals surface area contributed by atoms with E-state index in [1.54, 1.807) is 6.07 Å². The zero-order valence-corrected chi connectivity index (χ0v) is 15.9. The average Bonchev–Trinajstić information content (AvgIpc) is 3.02. The highest BCUT2D eigenvalue weighted by Gasteiger charge is 2.12. The van der Waals surface area contributed by atoms with Gasteiger partial charge in [-0.05, 0) is 29.7 Å². The molecule has 1 heterocycles. The molecule has 8 heteroatoms. The van der Waals surface area contributed by atoms with E-state index in [-0.39, 0.29) is 4.90 Å². The largest absolute Gasteiger partial charge is 0.325 e. The fourth-order valence-corrected chi connectivity index (χ4v) is 4.26. The van der Waals surface area contributed by atoms with Crippen LogP contribution in [0.1, 0.15) is 0 Å². The standard InChI is InChI=1S/C19H15N3O3S2/c1-27(24,25)13-9-10-17-16(11-13)21-19(26-17)22-18(23)20-15-8-4-6-12-5-2-3-7-14(12)15/h2-11H,1H3,(H2,20,21,22,23). The first-order valence-electron chi connectivity index (χ1n) is 8.06. The number of benzene rings is 3. The van der Waals surface area contributed by atoms with Crippen LogP contribution >= 0.6 is 11.3 Å². The van der Waals surface area contributed by atoms with Crippen LogP contribution in [0.15, 0.2) is 65.6 Å². The number of thiazole rings is 1. The lowest BCUT2D eigenvalue weighted by molar-refractivity contribution is 0.262. The Kier molecular flexibility index (Phi) is 4.29. The molecule has 0 spiro atoms. The molecule has 0 aliphatic carbocycles. The Morgan fingerprint density at radius 1 is 1.00 bits per heavy atom. The number of rotatable bonds is 3. The Morgan fingerprint density at radius 2 is 1.78 bits per heavy atom. The number of sulfone groups is 1. The van der Waals surface area contributed by atoms with Crippen molar-refractivity contribution in [1.82, 2.24) is 4.98 Å². The van der Waals surface area contributed by atoms with Crippen molar-refractivity contribution in [3.05, 3.63) is 60.7 Å². The summed E-state index contributed by atoms with van der Waals surface area (Å²) in [5.74, 6) is 0. The van der Waals surface area contributed by atoms with Gasteiger partial charge in [0.05, 0.1) is 20.8 Å². The van der Waals surface area contributed by atoms with Crippen LogP contribution in [0, 0.1) is 0 Å². The molecule has 0 fully saturated rings. The number of nitrogens with zero attached hydrogens (tertiary/aromatic N) is 1. The second-order valence-corrected chi connectivity index (χ2v) is 9.07. The SMILES string of the molecule is CS(=O)(=O)c1ccc2sc(NC(=O)Nc3cccc4ccccc34)nc2c1. The molecule has 0 aliphatic heterocycles. The molecule has 1 aromatic heterocycles. The monoisotopic (exact) mass is 397 g/mol. The lowest BCUT2D eigenvalue weighted by Gasteiger charge is -2.08. The van der Waals surface area contributed by atoms with Crippen LogP contribution in [0.2, 0.25) is 0 Å². The third-order valence-electron chi connectivity index (χ3n) is 4.05. The summed E-state index contributed by atoms with van der Waals surface area (Å²) < 4.78 is 24.1. The molecule has 0 saturated carbocycles. The van der Waals surface area contributed by atoms with Gasteiger partial charge in [0, 0.05) is 11.6 Å². The van der Waals surface area contributed by atoms with Gasteiger partial charge in [0.1, 0.15) is 0 Å². The summed E-state index contributed by atoms with van der Waals surface area (Å²) in [5.41, 5.74) is 1.23. The summed E-state index contributed by atoms with van der Waals surface area (Å²) in [6, 6.07) is 17.8. The number of nitrogens with one attached hydrogen (secondary N) is 2. The number of amides is 2. The minimum absolute atomic E-state index is 0.201. The molecule has 0 aliphatic rings. The maximum Gasteiger partial charge on any atom is 0.325 e. The van der Waals surface area contributed by atoms with Crippen LogP contribution in [-0.2, 0) is 9.84 Å². The van der Waals surface area contributed by atoms with Gasteiger partial charge in [-0.1, -0.05) is 47.7 Å². The Labute approximate surface area is 159 Å². The molecule has 4 rings (SSSR count). The van der Waals surface area contributed by atoms with Gasteiger partial charge in [-0.15, -0.1) is 0 Å². The van der Waals surface area contributed by atoms with E-state index in [2.05, 4.69) is 15.6 Å². The van der Waals surface area contributed by atoms with Crippen LogP contribution in [0.5, 0.6) is 0 Å². The van der Waals surface area contributed by atoms with E-state index in [1.165, 1.54) is 23.5 Å². The summed E-state index contributed by atoms with van der Waals surface area (Å²) in [7, 11) is -3.30. The molecule has 0 bridgehead atoms. The Hall–Kier alpha value is -2.97. The smallest absolute Gasteiger partial charge is 0.307 e. The Morgan fingerprint density at radius 3 is 2.59 bits per heavy atom. The van der Waals surface area contributed by atoms with E-state index >= 15 is 0 Å². The van der Waals surface area contributed by atoms with Gasteiger partial charge in [0.2, 0.25) is 0 Å².